The van der Waals surface area contributed by atoms with Crippen molar-refractivity contribution in [3.63, 3.8) is 0 Å². The molecule has 1 unspecified atom stereocenters. The van der Waals surface area contributed by atoms with Gasteiger partial charge in [-0.2, -0.15) is 0 Å². The fourth-order valence-corrected chi connectivity index (χ4v) is 2.13. The molecule has 0 aliphatic carbocycles. The van der Waals surface area contributed by atoms with Gasteiger partial charge in [-0.25, -0.2) is 0 Å². The second-order valence-electron chi connectivity index (χ2n) is 4.67. The second kappa shape index (κ2) is 6.85. The van der Waals surface area contributed by atoms with E-state index in [1.165, 1.54) is 12.1 Å². The predicted molar refractivity (Wildman–Crippen MR) is 75.6 cm³/mol. The van der Waals surface area contributed by atoms with E-state index < -0.39 is 4.92 Å². The molecule has 1 heterocycles. The van der Waals surface area contributed by atoms with Gasteiger partial charge in [0.15, 0.2) is 0 Å². The van der Waals surface area contributed by atoms with Crippen molar-refractivity contribution in [1.82, 2.24) is 10.6 Å². The zero-order chi connectivity index (χ0) is 14.4. The fraction of sp³-hybridized carbons (Fsp3) is 0.462. The molecule has 1 saturated heterocycles. The number of amides is 1. The average molecular weight is 278 g/mol. The third-order valence-corrected chi connectivity index (χ3v) is 3.21. The summed E-state index contributed by atoms with van der Waals surface area (Å²) in [5, 5.41) is 19.6. The summed E-state index contributed by atoms with van der Waals surface area (Å²) < 4.78 is 0. The van der Waals surface area contributed by atoms with Gasteiger partial charge >= 0.3 is 0 Å². The molecule has 0 aromatic heterocycles. The van der Waals surface area contributed by atoms with Gasteiger partial charge in [0.1, 0.15) is 0 Å². The zero-order valence-electron chi connectivity index (χ0n) is 11.1. The van der Waals surface area contributed by atoms with Gasteiger partial charge in [-0.3, -0.25) is 14.9 Å². The van der Waals surface area contributed by atoms with Crippen molar-refractivity contribution in [2.75, 3.05) is 25.0 Å². The average Bonchev–Trinajstić information content (AvgIpc) is 2.98. The maximum absolute atomic E-state index is 11.7. The van der Waals surface area contributed by atoms with Crippen LogP contribution in [-0.4, -0.2) is 36.5 Å². The lowest BCUT2D eigenvalue weighted by atomic mass is 10.2. The van der Waals surface area contributed by atoms with E-state index in [2.05, 4.69) is 16.0 Å². The third kappa shape index (κ3) is 3.92. The molecule has 1 aliphatic rings. The third-order valence-electron chi connectivity index (χ3n) is 3.21. The molecule has 0 spiro atoms. The van der Waals surface area contributed by atoms with E-state index in [-0.39, 0.29) is 17.6 Å². The van der Waals surface area contributed by atoms with Crippen LogP contribution >= 0.6 is 0 Å². The molecule has 1 aliphatic heterocycles. The Bertz CT molecular complexity index is 469. The molecule has 2 rings (SSSR count). The topological polar surface area (TPSA) is 96.3 Å². The van der Waals surface area contributed by atoms with Crippen molar-refractivity contribution in [3.05, 3.63) is 34.4 Å². The Morgan fingerprint density at radius 2 is 2.10 bits per heavy atom. The first kappa shape index (κ1) is 14.3. The summed E-state index contributed by atoms with van der Waals surface area (Å²) in [5.74, 6) is 0.0352. The van der Waals surface area contributed by atoms with Crippen LogP contribution in [0, 0.1) is 10.1 Å². The normalized spacial score (nSPS) is 17.7. The molecule has 0 saturated carbocycles. The number of hydrogen-bond acceptors (Lipinski definition) is 5. The number of nitro benzene ring substituents is 1. The van der Waals surface area contributed by atoms with Crippen LogP contribution in [0.2, 0.25) is 0 Å². The van der Waals surface area contributed by atoms with Gasteiger partial charge in [-0.1, -0.05) is 0 Å². The molecule has 0 radical (unpaired) electrons. The van der Waals surface area contributed by atoms with Crippen molar-refractivity contribution < 1.29 is 9.72 Å². The lowest BCUT2D eigenvalue weighted by molar-refractivity contribution is -0.384. The number of carbonyl (C=O) groups is 1. The van der Waals surface area contributed by atoms with Gasteiger partial charge in [-0.15, -0.1) is 0 Å². The molecular weight excluding hydrogens is 260 g/mol. The van der Waals surface area contributed by atoms with Gasteiger partial charge in [0.25, 0.3) is 5.69 Å². The molecular formula is C13H18N4O3. The number of nitrogens with zero attached hydrogens (tertiary/aromatic N) is 1. The summed E-state index contributed by atoms with van der Waals surface area (Å²) in [7, 11) is 0. The smallest absolute Gasteiger partial charge is 0.269 e. The van der Waals surface area contributed by atoms with E-state index in [9.17, 15) is 14.9 Å². The molecule has 1 aromatic carbocycles. The minimum atomic E-state index is -0.432. The first-order valence-electron chi connectivity index (χ1n) is 6.66. The van der Waals surface area contributed by atoms with Crippen LogP contribution < -0.4 is 16.0 Å². The lowest BCUT2D eigenvalue weighted by Gasteiger charge is -2.11. The molecule has 1 fully saturated rings. The highest BCUT2D eigenvalue weighted by molar-refractivity contribution is 5.82. The van der Waals surface area contributed by atoms with Gasteiger partial charge in [0.2, 0.25) is 5.91 Å². The highest BCUT2D eigenvalue weighted by atomic mass is 16.6. The van der Waals surface area contributed by atoms with E-state index in [0.717, 1.165) is 25.1 Å². The SMILES string of the molecule is O=C(NCCNc1ccc([N+](=O)[O-])cc1)C1CCCN1. The Morgan fingerprint density at radius 1 is 1.35 bits per heavy atom. The fourth-order valence-electron chi connectivity index (χ4n) is 2.13. The minimum Gasteiger partial charge on any atom is -0.383 e. The molecule has 20 heavy (non-hydrogen) atoms. The van der Waals surface area contributed by atoms with Crippen LogP contribution in [0.4, 0.5) is 11.4 Å². The molecule has 1 amide bonds. The summed E-state index contributed by atoms with van der Waals surface area (Å²) in [6.07, 6.45) is 1.93. The lowest BCUT2D eigenvalue weighted by Crippen LogP contribution is -2.42. The molecule has 3 N–H and O–H groups in total. The Labute approximate surface area is 116 Å². The van der Waals surface area contributed by atoms with E-state index in [1.807, 2.05) is 0 Å². The van der Waals surface area contributed by atoms with Crippen molar-refractivity contribution in [2.45, 2.75) is 18.9 Å². The molecule has 7 nitrogen and oxygen atoms in total. The van der Waals surface area contributed by atoms with Crippen LogP contribution in [0.5, 0.6) is 0 Å². The summed E-state index contributed by atoms with van der Waals surface area (Å²) in [6, 6.07) is 6.14. The van der Waals surface area contributed by atoms with Gasteiger partial charge < -0.3 is 16.0 Å². The highest BCUT2D eigenvalue weighted by Gasteiger charge is 2.20. The first-order chi connectivity index (χ1) is 9.66. The van der Waals surface area contributed by atoms with Crippen LogP contribution in [0.15, 0.2) is 24.3 Å². The number of anilines is 1. The highest BCUT2D eigenvalue weighted by Crippen LogP contribution is 2.14. The van der Waals surface area contributed by atoms with Crippen molar-refractivity contribution in [1.29, 1.82) is 0 Å². The molecule has 1 aromatic rings. The molecule has 1 atom stereocenters. The number of nitro groups is 1. The minimum absolute atomic E-state index is 0.0352. The number of rotatable bonds is 6. The monoisotopic (exact) mass is 278 g/mol. The summed E-state index contributed by atoms with van der Waals surface area (Å²) in [6.45, 7) is 2.00. The van der Waals surface area contributed by atoms with E-state index in [4.69, 9.17) is 0 Å². The van der Waals surface area contributed by atoms with Gasteiger partial charge in [0, 0.05) is 30.9 Å². The maximum atomic E-state index is 11.7. The summed E-state index contributed by atoms with van der Waals surface area (Å²) >= 11 is 0. The van der Waals surface area contributed by atoms with Crippen molar-refractivity contribution in [2.24, 2.45) is 0 Å². The van der Waals surface area contributed by atoms with E-state index >= 15 is 0 Å². The van der Waals surface area contributed by atoms with E-state index in [0.29, 0.717) is 13.1 Å². The number of hydrogen-bond donors (Lipinski definition) is 3. The van der Waals surface area contributed by atoms with Crippen LogP contribution in [0.1, 0.15) is 12.8 Å². The Hall–Kier alpha value is -2.15. The number of nitrogens with one attached hydrogen (secondary N) is 3. The predicted octanol–water partition coefficient (Wildman–Crippen LogP) is 0.875. The second-order valence-corrected chi connectivity index (χ2v) is 4.67. The van der Waals surface area contributed by atoms with Gasteiger partial charge in [0.05, 0.1) is 11.0 Å². The van der Waals surface area contributed by atoms with Crippen LogP contribution in [0.25, 0.3) is 0 Å². The van der Waals surface area contributed by atoms with Gasteiger partial charge in [-0.05, 0) is 31.5 Å². The maximum Gasteiger partial charge on any atom is 0.269 e. The molecule has 0 bridgehead atoms. The van der Waals surface area contributed by atoms with Crippen molar-refractivity contribution in [3.8, 4) is 0 Å². The Morgan fingerprint density at radius 3 is 2.70 bits per heavy atom. The number of carbonyl (C=O) groups excluding carboxylic acids is 1. The standard InChI is InChI=1S/C13H18N4O3/c18-13(12-2-1-7-15-12)16-9-8-14-10-3-5-11(6-4-10)17(19)20/h3-6,12,14-15H,1-2,7-9H2,(H,16,18). The largest absolute Gasteiger partial charge is 0.383 e. The summed E-state index contributed by atoms with van der Waals surface area (Å²) in [5.41, 5.74) is 0.861. The quantitative estimate of drug-likeness (QED) is 0.408. The molecule has 108 valence electrons. The number of non-ortho nitro benzene ring substituents is 1. The van der Waals surface area contributed by atoms with Crippen LogP contribution in [0.3, 0.4) is 0 Å². The first-order valence-corrected chi connectivity index (χ1v) is 6.66. The number of benzene rings is 1. The van der Waals surface area contributed by atoms with Crippen molar-refractivity contribution >= 4 is 17.3 Å². The van der Waals surface area contributed by atoms with Crippen LogP contribution in [-0.2, 0) is 4.79 Å². The van der Waals surface area contributed by atoms with E-state index in [1.54, 1.807) is 12.1 Å². The summed E-state index contributed by atoms with van der Waals surface area (Å²) in [4.78, 5) is 21.8. The Kier molecular flexibility index (Phi) is 4.89. The Balaban J connectivity index is 1.67. The molecule has 7 heteroatoms. The zero-order valence-corrected chi connectivity index (χ0v) is 11.1.